The van der Waals surface area contributed by atoms with Crippen molar-refractivity contribution in [3.05, 3.63) is 41.6 Å². The Hall–Kier alpha value is -2.30. The zero-order valence-corrected chi connectivity index (χ0v) is 10.0. The minimum Gasteiger partial charge on any atom is -0.373 e. The summed E-state index contributed by atoms with van der Waals surface area (Å²) in [4.78, 5) is 12.1. The van der Waals surface area contributed by atoms with E-state index in [1.54, 1.807) is 6.07 Å². The van der Waals surface area contributed by atoms with E-state index in [-0.39, 0.29) is 11.9 Å². The lowest BCUT2D eigenvalue weighted by atomic mass is 10.1. The number of carbonyl (C=O) groups is 1. The van der Waals surface area contributed by atoms with Gasteiger partial charge in [-0.05, 0) is 18.6 Å². The number of nitrogens with one attached hydrogen (secondary N) is 3. The molecule has 3 rings (SSSR count). The van der Waals surface area contributed by atoms with Crippen molar-refractivity contribution in [2.75, 3.05) is 10.6 Å². The molecule has 0 saturated carbocycles. The second-order valence-corrected chi connectivity index (χ2v) is 4.48. The Kier molecular flexibility index (Phi) is 2.51. The summed E-state index contributed by atoms with van der Waals surface area (Å²) in [5, 5.41) is 12.8. The number of rotatable bonds is 2. The summed E-state index contributed by atoms with van der Waals surface area (Å²) in [7, 11) is 0. The van der Waals surface area contributed by atoms with E-state index in [0.717, 1.165) is 11.4 Å². The maximum Gasteiger partial charge on any atom is 0.248 e. The molecule has 1 aromatic heterocycles. The van der Waals surface area contributed by atoms with Crippen LogP contribution in [0.5, 0.6) is 0 Å². The van der Waals surface area contributed by atoms with Crippen molar-refractivity contribution in [3.63, 3.8) is 0 Å². The normalized spacial score (nSPS) is 17.1. The molecule has 0 radical (unpaired) electrons. The first-order valence-corrected chi connectivity index (χ1v) is 5.90. The molecule has 0 spiro atoms. The smallest absolute Gasteiger partial charge is 0.248 e. The van der Waals surface area contributed by atoms with Crippen molar-refractivity contribution >= 4 is 17.4 Å². The number of amides is 1. The Morgan fingerprint density at radius 3 is 3.00 bits per heavy atom. The van der Waals surface area contributed by atoms with E-state index in [1.807, 2.05) is 31.2 Å². The molecular formula is C13H14N4O. The Balaban J connectivity index is 1.69. The molecule has 2 heterocycles. The molecule has 0 unspecified atom stereocenters. The third-order valence-corrected chi connectivity index (χ3v) is 3.04. The van der Waals surface area contributed by atoms with Gasteiger partial charge in [0.15, 0.2) is 5.82 Å². The van der Waals surface area contributed by atoms with Crippen LogP contribution in [0.15, 0.2) is 30.3 Å². The first-order chi connectivity index (χ1) is 8.72. The van der Waals surface area contributed by atoms with Crippen LogP contribution in [0.3, 0.4) is 0 Å². The quantitative estimate of drug-likeness (QED) is 0.750. The van der Waals surface area contributed by atoms with Crippen LogP contribution in [-0.4, -0.2) is 22.1 Å². The number of fused-ring (bicyclic) bond motifs is 1. The highest BCUT2D eigenvalue weighted by Crippen LogP contribution is 2.25. The summed E-state index contributed by atoms with van der Waals surface area (Å²) in [6.45, 7) is 1.90. The third-order valence-electron chi connectivity index (χ3n) is 3.04. The number of aromatic amines is 1. The largest absolute Gasteiger partial charge is 0.373 e. The van der Waals surface area contributed by atoms with Crippen LogP contribution in [0.2, 0.25) is 0 Å². The molecule has 0 fully saturated rings. The van der Waals surface area contributed by atoms with E-state index >= 15 is 0 Å². The highest BCUT2D eigenvalue weighted by atomic mass is 16.2. The minimum absolute atomic E-state index is 0.0577. The van der Waals surface area contributed by atoms with E-state index in [1.165, 1.54) is 5.56 Å². The first-order valence-electron chi connectivity index (χ1n) is 5.90. The van der Waals surface area contributed by atoms with Crippen LogP contribution < -0.4 is 10.6 Å². The number of para-hydroxylation sites is 1. The van der Waals surface area contributed by atoms with Gasteiger partial charge in [-0.2, -0.15) is 5.10 Å². The summed E-state index contributed by atoms with van der Waals surface area (Å²) < 4.78 is 0. The first kappa shape index (κ1) is 10.8. The van der Waals surface area contributed by atoms with Crippen LogP contribution >= 0.6 is 0 Å². The number of aromatic nitrogens is 2. The Morgan fingerprint density at radius 1 is 1.44 bits per heavy atom. The van der Waals surface area contributed by atoms with Crippen LogP contribution in [0.1, 0.15) is 11.3 Å². The van der Waals surface area contributed by atoms with Crippen molar-refractivity contribution in [3.8, 4) is 0 Å². The summed E-state index contributed by atoms with van der Waals surface area (Å²) in [6.07, 6.45) is 0.714. The number of aryl methyl sites for hydroxylation is 1. The number of H-pyrrole nitrogens is 1. The lowest BCUT2D eigenvalue weighted by Gasteiger charge is -2.09. The Bertz CT molecular complexity index is 565. The number of carbonyl (C=O) groups excluding carboxylic acids is 1. The van der Waals surface area contributed by atoms with E-state index in [0.29, 0.717) is 12.2 Å². The fourth-order valence-corrected chi connectivity index (χ4v) is 2.15. The molecule has 5 heteroatoms. The Labute approximate surface area is 105 Å². The van der Waals surface area contributed by atoms with Crippen LogP contribution in [0.25, 0.3) is 0 Å². The lowest BCUT2D eigenvalue weighted by Crippen LogP contribution is -2.32. The molecular weight excluding hydrogens is 228 g/mol. The van der Waals surface area contributed by atoms with Crippen LogP contribution in [0.4, 0.5) is 11.5 Å². The molecule has 18 heavy (non-hydrogen) atoms. The van der Waals surface area contributed by atoms with Crippen molar-refractivity contribution in [1.29, 1.82) is 0 Å². The fourth-order valence-electron chi connectivity index (χ4n) is 2.15. The molecule has 92 valence electrons. The van der Waals surface area contributed by atoms with Gasteiger partial charge in [0.1, 0.15) is 6.04 Å². The molecule has 0 aliphatic carbocycles. The molecule has 1 aliphatic rings. The van der Waals surface area contributed by atoms with Crippen molar-refractivity contribution in [2.45, 2.75) is 19.4 Å². The van der Waals surface area contributed by atoms with Gasteiger partial charge in [-0.3, -0.25) is 9.89 Å². The average molecular weight is 242 g/mol. The lowest BCUT2D eigenvalue weighted by molar-refractivity contribution is -0.116. The summed E-state index contributed by atoms with van der Waals surface area (Å²) >= 11 is 0. The molecule has 0 bridgehead atoms. The molecule has 5 nitrogen and oxygen atoms in total. The zero-order valence-electron chi connectivity index (χ0n) is 10.0. The predicted molar refractivity (Wildman–Crippen MR) is 69.5 cm³/mol. The van der Waals surface area contributed by atoms with Gasteiger partial charge in [0.2, 0.25) is 5.91 Å². The van der Waals surface area contributed by atoms with Gasteiger partial charge in [-0.1, -0.05) is 18.2 Å². The summed E-state index contributed by atoms with van der Waals surface area (Å²) in [5.41, 5.74) is 3.14. The molecule has 1 aliphatic heterocycles. The summed E-state index contributed by atoms with van der Waals surface area (Å²) in [5.74, 6) is 0.507. The van der Waals surface area contributed by atoms with Crippen molar-refractivity contribution in [1.82, 2.24) is 10.2 Å². The van der Waals surface area contributed by atoms with Gasteiger partial charge >= 0.3 is 0 Å². The van der Waals surface area contributed by atoms with Gasteiger partial charge in [0.25, 0.3) is 0 Å². The highest BCUT2D eigenvalue weighted by Gasteiger charge is 2.26. The second kappa shape index (κ2) is 4.18. The fraction of sp³-hybridized carbons (Fsp3) is 0.231. The monoisotopic (exact) mass is 242 g/mol. The van der Waals surface area contributed by atoms with E-state index in [9.17, 15) is 4.79 Å². The van der Waals surface area contributed by atoms with Gasteiger partial charge < -0.3 is 10.6 Å². The van der Waals surface area contributed by atoms with Crippen molar-refractivity contribution < 1.29 is 4.79 Å². The second-order valence-electron chi connectivity index (χ2n) is 4.48. The van der Waals surface area contributed by atoms with Crippen LogP contribution in [-0.2, 0) is 11.2 Å². The molecule has 2 aromatic rings. The number of nitrogens with zero attached hydrogens (tertiary/aromatic N) is 1. The van der Waals surface area contributed by atoms with Gasteiger partial charge in [-0.25, -0.2) is 0 Å². The maximum atomic E-state index is 12.1. The number of anilines is 2. The van der Waals surface area contributed by atoms with Gasteiger partial charge in [0.05, 0.1) is 0 Å². The highest BCUT2D eigenvalue weighted by molar-refractivity contribution is 5.97. The molecule has 0 saturated heterocycles. The maximum absolute atomic E-state index is 12.1. The average Bonchev–Trinajstić information content (AvgIpc) is 2.95. The van der Waals surface area contributed by atoms with Gasteiger partial charge in [0, 0.05) is 23.9 Å². The molecule has 1 amide bonds. The number of benzene rings is 1. The molecule has 3 N–H and O–H groups in total. The molecule has 1 aromatic carbocycles. The van der Waals surface area contributed by atoms with Crippen molar-refractivity contribution in [2.24, 2.45) is 0 Å². The number of hydrogen-bond donors (Lipinski definition) is 3. The summed E-state index contributed by atoms with van der Waals surface area (Å²) in [6, 6.07) is 9.55. The van der Waals surface area contributed by atoms with Gasteiger partial charge in [-0.15, -0.1) is 0 Å². The SMILES string of the molecule is Cc1cc(NC(=O)[C@@H]2Cc3ccccc3N2)n[nH]1. The Morgan fingerprint density at radius 2 is 2.28 bits per heavy atom. The van der Waals surface area contributed by atoms with Crippen LogP contribution in [0, 0.1) is 6.92 Å². The standard InChI is InChI=1S/C13H14N4O/c1-8-6-12(17-16-8)15-13(18)11-7-9-4-2-3-5-10(9)14-11/h2-6,11,14H,7H2,1H3,(H2,15,16,17,18)/t11-/m0/s1. The van der Waals surface area contributed by atoms with E-state index in [4.69, 9.17) is 0 Å². The van der Waals surface area contributed by atoms with E-state index in [2.05, 4.69) is 20.8 Å². The number of hydrogen-bond acceptors (Lipinski definition) is 3. The molecule has 1 atom stereocenters. The van der Waals surface area contributed by atoms with E-state index < -0.39 is 0 Å². The third kappa shape index (κ3) is 1.95. The minimum atomic E-state index is -0.223. The predicted octanol–water partition coefficient (Wildman–Crippen LogP) is 1.69. The topological polar surface area (TPSA) is 69.8 Å². The zero-order chi connectivity index (χ0) is 12.5.